The quantitative estimate of drug-likeness (QED) is 0.179. The Kier molecular flexibility index (Phi) is 6.57. The maximum atomic E-state index is 5.45. The Balaban J connectivity index is 1.43. The minimum Gasteiger partial charge on any atom is -0.298 e. The zero-order chi connectivity index (χ0) is 30.1. The van der Waals surface area contributed by atoms with E-state index in [4.69, 9.17) is 5.10 Å². The lowest BCUT2D eigenvalue weighted by molar-refractivity contribution is 0.461. The maximum absolute atomic E-state index is 5.45. The highest BCUT2D eigenvalue weighted by Crippen LogP contribution is 2.43. The lowest BCUT2D eigenvalue weighted by Crippen LogP contribution is -2.38. The standard InChI is InChI=1S/C39H28N6/c1-4-14-31(15-5-1)39(32-16-6-2-7-17-32,33-18-8-3-9-19-33)45-28-34(38(43-45)29-13-12-23-40-25-29)30-21-22-37-42-26-36(44(37)27-30)35-20-10-11-24-41-35/h1-28H. The molecule has 0 amide bonds. The molecule has 3 aromatic carbocycles. The Labute approximate surface area is 261 Å². The SMILES string of the molecule is c1ccc(C(c2ccccc2)(c2ccccc2)n2cc(-c3ccc4ncc(-c5ccccn5)n4c3)c(-c3cccnc3)n2)cc1. The lowest BCUT2D eigenvalue weighted by Gasteiger charge is -2.36. The number of pyridine rings is 3. The zero-order valence-electron chi connectivity index (χ0n) is 24.3. The molecule has 0 aliphatic heterocycles. The van der Waals surface area contributed by atoms with Gasteiger partial charge in [0, 0.05) is 47.7 Å². The van der Waals surface area contributed by atoms with Crippen molar-refractivity contribution in [2.45, 2.75) is 5.54 Å². The van der Waals surface area contributed by atoms with E-state index in [0.29, 0.717) is 0 Å². The summed E-state index contributed by atoms with van der Waals surface area (Å²) < 4.78 is 4.23. The molecule has 6 heteroatoms. The number of rotatable bonds is 7. The van der Waals surface area contributed by atoms with E-state index < -0.39 is 5.54 Å². The van der Waals surface area contributed by atoms with Gasteiger partial charge in [0.25, 0.3) is 0 Å². The summed E-state index contributed by atoms with van der Waals surface area (Å²) in [5.74, 6) is 0. The Morgan fingerprint density at radius 1 is 0.511 bits per heavy atom. The number of aromatic nitrogens is 6. The van der Waals surface area contributed by atoms with Gasteiger partial charge in [-0.2, -0.15) is 5.10 Å². The molecule has 45 heavy (non-hydrogen) atoms. The van der Waals surface area contributed by atoms with Crippen LogP contribution in [0.4, 0.5) is 0 Å². The van der Waals surface area contributed by atoms with Gasteiger partial charge in [0.1, 0.15) is 16.9 Å². The predicted molar refractivity (Wildman–Crippen MR) is 177 cm³/mol. The third-order valence-corrected chi connectivity index (χ3v) is 8.31. The molecular formula is C39H28N6. The van der Waals surface area contributed by atoms with Gasteiger partial charge in [-0.3, -0.25) is 19.1 Å². The van der Waals surface area contributed by atoms with Crippen LogP contribution in [0.2, 0.25) is 0 Å². The minimum absolute atomic E-state index is 0.753. The molecule has 0 aliphatic rings. The number of hydrogen-bond acceptors (Lipinski definition) is 4. The van der Waals surface area contributed by atoms with Crippen molar-refractivity contribution in [2.24, 2.45) is 0 Å². The third kappa shape index (κ3) is 4.51. The second kappa shape index (κ2) is 11.2. The molecule has 214 valence electrons. The summed E-state index contributed by atoms with van der Waals surface area (Å²) in [6.07, 6.45) is 11.6. The first-order valence-corrected chi connectivity index (χ1v) is 14.9. The van der Waals surface area contributed by atoms with Crippen LogP contribution in [0.5, 0.6) is 0 Å². The molecule has 0 fully saturated rings. The van der Waals surface area contributed by atoms with E-state index in [-0.39, 0.29) is 0 Å². The van der Waals surface area contributed by atoms with Crippen LogP contribution in [0.25, 0.3) is 39.4 Å². The molecule has 0 unspecified atom stereocenters. The van der Waals surface area contributed by atoms with E-state index in [1.807, 2.05) is 42.7 Å². The molecule has 0 radical (unpaired) electrons. The van der Waals surface area contributed by atoms with Gasteiger partial charge in [-0.15, -0.1) is 0 Å². The van der Waals surface area contributed by atoms with Crippen molar-refractivity contribution in [1.29, 1.82) is 0 Å². The van der Waals surface area contributed by atoms with Crippen LogP contribution in [0.1, 0.15) is 16.7 Å². The molecule has 5 aromatic heterocycles. The molecule has 0 atom stereocenters. The average molecular weight is 581 g/mol. The van der Waals surface area contributed by atoms with Gasteiger partial charge in [0.05, 0.1) is 17.6 Å². The van der Waals surface area contributed by atoms with Gasteiger partial charge < -0.3 is 0 Å². The molecule has 0 bridgehead atoms. The number of imidazole rings is 1. The number of benzene rings is 3. The average Bonchev–Trinajstić information content (AvgIpc) is 3.76. The van der Waals surface area contributed by atoms with E-state index in [0.717, 1.165) is 56.1 Å². The van der Waals surface area contributed by atoms with E-state index in [1.165, 1.54) is 0 Å². The third-order valence-electron chi connectivity index (χ3n) is 8.31. The van der Waals surface area contributed by atoms with Crippen LogP contribution in [-0.4, -0.2) is 29.1 Å². The topological polar surface area (TPSA) is 60.9 Å². The molecule has 5 heterocycles. The van der Waals surface area contributed by atoms with Gasteiger partial charge in [0.2, 0.25) is 0 Å². The van der Waals surface area contributed by atoms with Crippen LogP contribution >= 0.6 is 0 Å². The number of nitrogens with zero attached hydrogens (tertiary/aromatic N) is 6. The smallest absolute Gasteiger partial charge is 0.138 e. The summed E-state index contributed by atoms with van der Waals surface area (Å²) in [5.41, 5.74) is 8.98. The number of hydrogen-bond donors (Lipinski definition) is 0. The first-order valence-electron chi connectivity index (χ1n) is 14.9. The van der Waals surface area contributed by atoms with Gasteiger partial charge in [-0.1, -0.05) is 97.1 Å². The summed E-state index contributed by atoms with van der Waals surface area (Å²) in [5, 5.41) is 5.45. The van der Waals surface area contributed by atoms with Crippen molar-refractivity contribution in [1.82, 2.24) is 29.1 Å². The molecular weight excluding hydrogens is 552 g/mol. The molecule has 8 aromatic rings. The predicted octanol–water partition coefficient (Wildman–Crippen LogP) is 8.16. The van der Waals surface area contributed by atoms with Gasteiger partial charge in [-0.25, -0.2) is 4.98 Å². The first kappa shape index (κ1) is 26.5. The van der Waals surface area contributed by atoms with E-state index >= 15 is 0 Å². The van der Waals surface area contributed by atoms with Gasteiger partial charge >= 0.3 is 0 Å². The summed E-state index contributed by atoms with van der Waals surface area (Å²) in [6.45, 7) is 0. The first-order chi connectivity index (χ1) is 22.3. The Morgan fingerprint density at radius 2 is 1.18 bits per heavy atom. The van der Waals surface area contributed by atoms with Crippen LogP contribution in [0.3, 0.4) is 0 Å². The highest BCUT2D eigenvalue weighted by Gasteiger charge is 2.40. The zero-order valence-corrected chi connectivity index (χ0v) is 24.3. The van der Waals surface area contributed by atoms with Crippen LogP contribution in [-0.2, 0) is 5.54 Å². The van der Waals surface area contributed by atoms with Gasteiger partial charge in [-0.05, 0) is 53.1 Å². The number of fused-ring (bicyclic) bond motifs is 1. The van der Waals surface area contributed by atoms with E-state index in [9.17, 15) is 0 Å². The second-order valence-electron chi connectivity index (χ2n) is 10.9. The molecule has 0 saturated carbocycles. The largest absolute Gasteiger partial charge is 0.298 e. The van der Waals surface area contributed by atoms with E-state index in [2.05, 4.69) is 140 Å². The second-order valence-corrected chi connectivity index (χ2v) is 10.9. The van der Waals surface area contributed by atoms with Gasteiger partial charge in [0.15, 0.2) is 0 Å². The Bertz CT molecular complexity index is 2090. The van der Waals surface area contributed by atoms with Crippen LogP contribution < -0.4 is 0 Å². The summed E-state index contributed by atoms with van der Waals surface area (Å²) in [7, 11) is 0. The fourth-order valence-electron chi connectivity index (χ4n) is 6.25. The molecule has 0 aliphatic carbocycles. The summed E-state index contributed by atoms with van der Waals surface area (Å²) >= 11 is 0. The summed E-state index contributed by atoms with van der Waals surface area (Å²) in [6, 6.07) is 45.9. The summed E-state index contributed by atoms with van der Waals surface area (Å²) in [4.78, 5) is 13.7. The van der Waals surface area contributed by atoms with Crippen molar-refractivity contribution >= 4 is 5.65 Å². The lowest BCUT2D eigenvalue weighted by atomic mass is 9.77. The molecule has 0 spiro atoms. The maximum Gasteiger partial charge on any atom is 0.138 e. The molecule has 0 N–H and O–H groups in total. The van der Waals surface area contributed by atoms with E-state index in [1.54, 1.807) is 12.4 Å². The molecule has 8 rings (SSSR count). The Morgan fingerprint density at radius 3 is 1.78 bits per heavy atom. The normalized spacial score (nSPS) is 11.6. The van der Waals surface area contributed by atoms with Crippen LogP contribution in [0, 0.1) is 0 Å². The van der Waals surface area contributed by atoms with Crippen LogP contribution in [0.15, 0.2) is 171 Å². The Hall–Kier alpha value is -6.14. The fourth-order valence-corrected chi connectivity index (χ4v) is 6.25. The highest BCUT2D eigenvalue weighted by molar-refractivity contribution is 5.81. The monoisotopic (exact) mass is 580 g/mol. The fraction of sp³-hybridized carbons (Fsp3) is 0.0256. The molecule has 0 saturated heterocycles. The van der Waals surface area contributed by atoms with Crippen molar-refractivity contribution in [3.05, 3.63) is 187 Å². The van der Waals surface area contributed by atoms with Crippen molar-refractivity contribution in [2.75, 3.05) is 0 Å². The minimum atomic E-state index is -0.753. The van der Waals surface area contributed by atoms with Crippen molar-refractivity contribution in [3.8, 4) is 33.8 Å². The van der Waals surface area contributed by atoms with Crippen molar-refractivity contribution < 1.29 is 0 Å². The van der Waals surface area contributed by atoms with Crippen molar-refractivity contribution in [3.63, 3.8) is 0 Å². The highest BCUT2D eigenvalue weighted by atomic mass is 15.3. The molecule has 6 nitrogen and oxygen atoms in total.